The summed E-state index contributed by atoms with van der Waals surface area (Å²) in [6.07, 6.45) is 0. The molecule has 0 amide bonds. The van der Waals surface area contributed by atoms with Gasteiger partial charge in [0.25, 0.3) is 0 Å². The van der Waals surface area contributed by atoms with Crippen molar-refractivity contribution in [3.05, 3.63) is 29.3 Å². The van der Waals surface area contributed by atoms with E-state index in [4.69, 9.17) is 11.5 Å². The van der Waals surface area contributed by atoms with Gasteiger partial charge in [-0.05, 0) is 30.7 Å². The van der Waals surface area contributed by atoms with Crippen molar-refractivity contribution in [2.45, 2.75) is 18.4 Å². The average molecular weight is 224 g/mol. The molecule has 1 aromatic rings. The van der Waals surface area contributed by atoms with Gasteiger partial charge in [-0.15, -0.1) is 11.8 Å². The van der Waals surface area contributed by atoms with Crippen LogP contribution in [-0.4, -0.2) is 18.1 Å². The minimum atomic E-state index is 0.0609. The van der Waals surface area contributed by atoms with E-state index in [-0.39, 0.29) is 5.78 Å². The molecule has 4 heteroatoms. The molecule has 0 saturated heterocycles. The third-order valence-electron chi connectivity index (χ3n) is 2.06. The molecule has 82 valence electrons. The van der Waals surface area contributed by atoms with Gasteiger partial charge in [0.05, 0.1) is 0 Å². The average Bonchev–Trinajstić information content (AvgIpc) is 2.25. The molecule has 0 heterocycles. The monoisotopic (exact) mass is 224 g/mol. The van der Waals surface area contributed by atoms with Crippen molar-refractivity contribution < 1.29 is 4.79 Å². The number of thioether (sulfide) groups is 1. The fraction of sp³-hybridized carbons (Fsp3) is 0.364. The number of hydrogen-bond donors (Lipinski definition) is 2. The zero-order valence-corrected chi connectivity index (χ0v) is 9.64. The summed E-state index contributed by atoms with van der Waals surface area (Å²) in [6, 6.07) is 5.75. The summed E-state index contributed by atoms with van der Waals surface area (Å²) < 4.78 is 0. The largest absolute Gasteiger partial charge is 0.330 e. The Balaban J connectivity index is 2.92. The molecule has 4 N–H and O–H groups in total. The maximum Gasteiger partial charge on any atom is 0.160 e. The van der Waals surface area contributed by atoms with E-state index in [2.05, 4.69) is 0 Å². The molecule has 0 aromatic heterocycles. The second-order valence-corrected chi connectivity index (χ2v) is 4.38. The van der Waals surface area contributed by atoms with Crippen molar-refractivity contribution in [3.8, 4) is 0 Å². The van der Waals surface area contributed by atoms with E-state index in [1.54, 1.807) is 18.7 Å². The number of nitrogens with two attached hydrogens (primary N) is 2. The number of carbonyl (C=O) groups is 1. The third-order valence-corrected chi connectivity index (χ3v) is 3.09. The van der Waals surface area contributed by atoms with Crippen LogP contribution >= 0.6 is 11.8 Å². The van der Waals surface area contributed by atoms with Crippen molar-refractivity contribution in [1.29, 1.82) is 0 Å². The summed E-state index contributed by atoms with van der Waals surface area (Å²) in [4.78, 5) is 12.4. The van der Waals surface area contributed by atoms with Crippen molar-refractivity contribution in [3.63, 3.8) is 0 Å². The van der Waals surface area contributed by atoms with E-state index < -0.39 is 0 Å². The molecule has 0 fully saturated rings. The van der Waals surface area contributed by atoms with Gasteiger partial charge in [0.15, 0.2) is 5.78 Å². The van der Waals surface area contributed by atoms with E-state index in [9.17, 15) is 4.79 Å². The highest BCUT2D eigenvalue weighted by Gasteiger charge is 2.06. The highest BCUT2D eigenvalue weighted by atomic mass is 32.2. The fourth-order valence-corrected chi connectivity index (χ4v) is 2.09. The van der Waals surface area contributed by atoms with Gasteiger partial charge < -0.3 is 11.5 Å². The lowest BCUT2D eigenvalue weighted by atomic mass is 10.0. The third kappa shape index (κ3) is 3.34. The number of carbonyl (C=O) groups excluding carboxylic acids is 1. The van der Waals surface area contributed by atoms with Gasteiger partial charge >= 0.3 is 0 Å². The predicted molar refractivity (Wildman–Crippen MR) is 64.1 cm³/mol. The molecule has 0 aliphatic heterocycles. The zero-order valence-electron chi connectivity index (χ0n) is 8.82. The summed E-state index contributed by atoms with van der Waals surface area (Å²) in [6.45, 7) is 2.60. The molecule has 3 nitrogen and oxygen atoms in total. The minimum absolute atomic E-state index is 0.0609. The molecule has 15 heavy (non-hydrogen) atoms. The topological polar surface area (TPSA) is 69.1 Å². The first-order valence-electron chi connectivity index (χ1n) is 4.86. The Labute approximate surface area is 94.2 Å². The Morgan fingerprint density at radius 3 is 2.67 bits per heavy atom. The van der Waals surface area contributed by atoms with E-state index >= 15 is 0 Å². The van der Waals surface area contributed by atoms with Crippen molar-refractivity contribution in [1.82, 2.24) is 0 Å². The SMILES string of the molecule is CC(=O)c1ccc(SCCN)cc1CN. The van der Waals surface area contributed by atoms with Crippen LogP contribution in [-0.2, 0) is 6.54 Å². The molecule has 0 spiro atoms. The summed E-state index contributed by atoms with van der Waals surface area (Å²) in [5.74, 6) is 0.939. The lowest BCUT2D eigenvalue weighted by Crippen LogP contribution is -2.05. The molecule has 0 atom stereocenters. The summed E-state index contributed by atoms with van der Waals surface area (Å²) >= 11 is 1.68. The van der Waals surface area contributed by atoms with Gasteiger partial charge in [-0.3, -0.25) is 4.79 Å². The van der Waals surface area contributed by atoms with Gasteiger partial charge in [0.1, 0.15) is 0 Å². The smallest absolute Gasteiger partial charge is 0.160 e. The Bertz CT molecular complexity index is 352. The number of ketones is 1. The number of Topliss-reactive ketones (excluding diaryl/α,β-unsaturated/α-hetero) is 1. The van der Waals surface area contributed by atoms with Crippen LogP contribution in [0.15, 0.2) is 23.1 Å². The van der Waals surface area contributed by atoms with E-state index in [1.807, 2.05) is 18.2 Å². The highest BCUT2D eigenvalue weighted by molar-refractivity contribution is 7.99. The molecule has 1 aromatic carbocycles. The Hall–Kier alpha value is -0.840. The van der Waals surface area contributed by atoms with Crippen LogP contribution in [0, 0.1) is 0 Å². The first-order valence-corrected chi connectivity index (χ1v) is 5.84. The molecule has 0 bridgehead atoms. The Morgan fingerprint density at radius 2 is 2.13 bits per heavy atom. The number of hydrogen-bond acceptors (Lipinski definition) is 4. The zero-order chi connectivity index (χ0) is 11.3. The molecule has 0 saturated carbocycles. The van der Waals surface area contributed by atoms with E-state index in [0.29, 0.717) is 13.1 Å². The van der Waals surface area contributed by atoms with E-state index in [1.165, 1.54) is 0 Å². The molecular formula is C11H16N2OS. The highest BCUT2D eigenvalue weighted by Crippen LogP contribution is 2.21. The number of rotatable bonds is 5. The molecule has 0 unspecified atom stereocenters. The quantitative estimate of drug-likeness (QED) is 0.586. The van der Waals surface area contributed by atoms with Crippen LogP contribution in [0.5, 0.6) is 0 Å². The molecule has 0 aliphatic rings. The maximum absolute atomic E-state index is 11.3. The van der Waals surface area contributed by atoms with Gasteiger partial charge in [0.2, 0.25) is 0 Å². The van der Waals surface area contributed by atoms with Crippen molar-refractivity contribution in [2.24, 2.45) is 11.5 Å². The van der Waals surface area contributed by atoms with Gasteiger partial charge in [-0.1, -0.05) is 0 Å². The van der Waals surface area contributed by atoms with Crippen LogP contribution in [0.1, 0.15) is 22.8 Å². The van der Waals surface area contributed by atoms with Gasteiger partial charge in [-0.2, -0.15) is 0 Å². The van der Waals surface area contributed by atoms with Crippen LogP contribution in [0.4, 0.5) is 0 Å². The summed E-state index contributed by atoms with van der Waals surface area (Å²) in [5.41, 5.74) is 12.6. The summed E-state index contributed by atoms with van der Waals surface area (Å²) in [5, 5.41) is 0. The van der Waals surface area contributed by atoms with Crippen LogP contribution < -0.4 is 11.5 Å². The maximum atomic E-state index is 11.3. The second-order valence-electron chi connectivity index (χ2n) is 3.22. The standard InChI is InChI=1S/C11H16N2OS/c1-8(14)11-3-2-10(15-5-4-12)6-9(11)7-13/h2-3,6H,4-5,7,12-13H2,1H3. The fourth-order valence-electron chi connectivity index (χ4n) is 1.35. The van der Waals surface area contributed by atoms with E-state index in [0.717, 1.165) is 21.8 Å². The molecular weight excluding hydrogens is 208 g/mol. The molecule has 0 radical (unpaired) electrons. The Kier molecular flexibility index (Phi) is 4.81. The van der Waals surface area contributed by atoms with Crippen LogP contribution in [0.25, 0.3) is 0 Å². The first kappa shape index (κ1) is 12.2. The molecule has 1 rings (SSSR count). The minimum Gasteiger partial charge on any atom is -0.330 e. The first-order chi connectivity index (χ1) is 7.19. The van der Waals surface area contributed by atoms with Crippen molar-refractivity contribution in [2.75, 3.05) is 12.3 Å². The van der Waals surface area contributed by atoms with Crippen molar-refractivity contribution >= 4 is 17.5 Å². The Morgan fingerprint density at radius 1 is 1.40 bits per heavy atom. The van der Waals surface area contributed by atoms with Gasteiger partial charge in [-0.25, -0.2) is 0 Å². The molecule has 0 aliphatic carbocycles. The number of benzene rings is 1. The predicted octanol–water partition coefficient (Wildman–Crippen LogP) is 1.40. The van der Waals surface area contributed by atoms with Crippen LogP contribution in [0.3, 0.4) is 0 Å². The van der Waals surface area contributed by atoms with Gasteiger partial charge in [0, 0.05) is 29.3 Å². The van der Waals surface area contributed by atoms with Crippen LogP contribution in [0.2, 0.25) is 0 Å². The lowest BCUT2D eigenvalue weighted by molar-refractivity contribution is 0.101. The summed E-state index contributed by atoms with van der Waals surface area (Å²) in [7, 11) is 0. The lowest BCUT2D eigenvalue weighted by Gasteiger charge is -2.07. The second kappa shape index (κ2) is 5.90. The normalized spacial score (nSPS) is 10.3.